The Balaban J connectivity index is 1.87. The minimum absolute atomic E-state index is 0.142. The first-order valence-corrected chi connectivity index (χ1v) is 6.33. The molecule has 16 heavy (non-hydrogen) atoms. The van der Waals surface area contributed by atoms with Crippen LogP contribution < -0.4 is 5.32 Å². The zero-order valence-corrected chi connectivity index (χ0v) is 9.60. The van der Waals surface area contributed by atoms with Gasteiger partial charge in [-0.1, -0.05) is 6.07 Å². The minimum atomic E-state index is -0.622. The smallest absolute Gasteiger partial charge is 0.270 e. The van der Waals surface area contributed by atoms with Crippen LogP contribution in [0.2, 0.25) is 0 Å². The van der Waals surface area contributed by atoms with Crippen LogP contribution in [0.4, 0.5) is 4.39 Å². The SMILES string of the molecule is O=C(NCC1CCCS1)c1cccc(F)n1. The van der Waals surface area contributed by atoms with E-state index in [0.29, 0.717) is 11.8 Å². The summed E-state index contributed by atoms with van der Waals surface area (Å²) in [5.41, 5.74) is 0.142. The van der Waals surface area contributed by atoms with Crippen LogP contribution in [0.15, 0.2) is 18.2 Å². The molecule has 1 saturated heterocycles. The van der Waals surface area contributed by atoms with Crippen LogP contribution in [0, 0.1) is 5.95 Å². The zero-order chi connectivity index (χ0) is 11.4. The highest BCUT2D eigenvalue weighted by atomic mass is 32.2. The third-order valence-corrected chi connectivity index (χ3v) is 3.86. The number of carbonyl (C=O) groups excluding carboxylic acids is 1. The molecule has 1 unspecified atom stereocenters. The number of carbonyl (C=O) groups is 1. The van der Waals surface area contributed by atoms with Crippen molar-refractivity contribution in [2.45, 2.75) is 18.1 Å². The average Bonchev–Trinajstić information content (AvgIpc) is 2.78. The molecule has 2 heterocycles. The van der Waals surface area contributed by atoms with Gasteiger partial charge in [0, 0.05) is 11.8 Å². The normalized spacial score (nSPS) is 19.7. The number of halogens is 1. The maximum atomic E-state index is 12.8. The van der Waals surface area contributed by atoms with E-state index < -0.39 is 5.95 Å². The van der Waals surface area contributed by atoms with Crippen molar-refractivity contribution in [1.82, 2.24) is 10.3 Å². The quantitative estimate of drug-likeness (QED) is 0.820. The zero-order valence-electron chi connectivity index (χ0n) is 8.78. The number of nitrogens with zero attached hydrogens (tertiary/aromatic N) is 1. The van der Waals surface area contributed by atoms with Crippen LogP contribution in [0.1, 0.15) is 23.3 Å². The number of amides is 1. The second kappa shape index (κ2) is 5.30. The first-order valence-electron chi connectivity index (χ1n) is 5.28. The molecule has 1 aliphatic heterocycles. The van der Waals surface area contributed by atoms with Crippen LogP contribution in [0.5, 0.6) is 0 Å². The Bertz CT molecular complexity index is 380. The van der Waals surface area contributed by atoms with Crippen LogP contribution in [0.3, 0.4) is 0 Å². The van der Waals surface area contributed by atoms with E-state index in [4.69, 9.17) is 0 Å². The van der Waals surface area contributed by atoms with Crippen molar-refractivity contribution >= 4 is 17.7 Å². The summed E-state index contributed by atoms with van der Waals surface area (Å²) in [5, 5.41) is 3.28. The fraction of sp³-hybridized carbons (Fsp3) is 0.455. The van der Waals surface area contributed by atoms with Gasteiger partial charge in [-0.3, -0.25) is 4.79 Å². The van der Waals surface area contributed by atoms with Crippen LogP contribution in [-0.2, 0) is 0 Å². The Labute approximate surface area is 97.8 Å². The summed E-state index contributed by atoms with van der Waals surface area (Å²) in [4.78, 5) is 15.1. The molecule has 0 radical (unpaired) electrons. The molecule has 5 heteroatoms. The monoisotopic (exact) mass is 240 g/mol. The van der Waals surface area contributed by atoms with E-state index in [9.17, 15) is 9.18 Å². The summed E-state index contributed by atoms with van der Waals surface area (Å²) >= 11 is 1.87. The molecular weight excluding hydrogens is 227 g/mol. The van der Waals surface area contributed by atoms with Crippen LogP contribution >= 0.6 is 11.8 Å². The highest BCUT2D eigenvalue weighted by Crippen LogP contribution is 2.25. The van der Waals surface area contributed by atoms with Gasteiger partial charge in [-0.15, -0.1) is 0 Å². The van der Waals surface area contributed by atoms with Crippen molar-refractivity contribution < 1.29 is 9.18 Å². The Morgan fingerprint density at radius 1 is 1.62 bits per heavy atom. The van der Waals surface area contributed by atoms with Gasteiger partial charge in [0.05, 0.1) is 0 Å². The predicted molar refractivity (Wildman–Crippen MR) is 62.0 cm³/mol. The molecule has 0 spiro atoms. The molecule has 2 rings (SSSR count). The Morgan fingerprint density at radius 3 is 3.19 bits per heavy atom. The second-order valence-electron chi connectivity index (χ2n) is 3.69. The van der Waals surface area contributed by atoms with Crippen LogP contribution in [0.25, 0.3) is 0 Å². The van der Waals surface area contributed by atoms with Crippen molar-refractivity contribution in [2.24, 2.45) is 0 Å². The summed E-state index contributed by atoms with van der Waals surface area (Å²) in [7, 11) is 0. The lowest BCUT2D eigenvalue weighted by Gasteiger charge is -2.09. The molecular formula is C11H13FN2OS. The molecule has 1 amide bonds. The van der Waals surface area contributed by atoms with Gasteiger partial charge in [0.2, 0.25) is 5.95 Å². The molecule has 0 aromatic carbocycles. The van der Waals surface area contributed by atoms with Gasteiger partial charge in [-0.25, -0.2) is 4.98 Å². The molecule has 0 saturated carbocycles. The Morgan fingerprint density at radius 2 is 2.50 bits per heavy atom. The maximum Gasteiger partial charge on any atom is 0.270 e. The van der Waals surface area contributed by atoms with Gasteiger partial charge in [0.25, 0.3) is 5.91 Å². The third kappa shape index (κ3) is 2.95. The maximum absolute atomic E-state index is 12.8. The molecule has 1 aromatic heterocycles. The Hall–Kier alpha value is -1.10. The number of nitrogens with one attached hydrogen (secondary N) is 1. The van der Waals surface area contributed by atoms with Crippen molar-refractivity contribution in [3.05, 3.63) is 29.8 Å². The largest absolute Gasteiger partial charge is 0.350 e. The predicted octanol–water partition coefficient (Wildman–Crippen LogP) is 1.85. The van der Waals surface area contributed by atoms with Gasteiger partial charge in [0.1, 0.15) is 5.69 Å². The van der Waals surface area contributed by atoms with Crippen molar-refractivity contribution in [2.75, 3.05) is 12.3 Å². The van der Waals surface area contributed by atoms with E-state index in [2.05, 4.69) is 10.3 Å². The lowest BCUT2D eigenvalue weighted by Crippen LogP contribution is -2.30. The number of thioether (sulfide) groups is 1. The number of hydrogen-bond acceptors (Lipinski definition) is 3. The molecule has 0 bridgehead atoms. The highest BCUT2D eigenvalue weighted by molar-refractivity contribution is 8.00. The summed E-state index contributed by atoms with van der Waals surface area (Å²) < 4.78 is 12.8. The third-order valence-electron chi connectivity index (χ3n) is 2.46. The number of rotatable bonds is 3. The fourth-order valence-corrected chi connectivity index (χ4v) is 2.84. The van der Waals surface area contributed by atoms with E-state index in [1.54, 1.807) is 0 Å². The molecule has 1 atom stereocenters. The van der Waals surface area contributed by atoms with Gasteiger partial charge < -0.3 is 5.32 Å². The summed E-state index contributed by atoms with van der Waals surface area (Å²) in [6, 6.07) is 4.23. The molecule has 3 nitrogen and oxygen atoms in total. The minimum Gasteiger partial charge on any atom is -0.350 e. The Kier molecular flexibility index (Phi) is 3.77. The van der Waals surface area contributed by atoms with Crippen LogP contribution in [-0.4, -0.2) is 28.4 Å². The lowest BCUT2D eigenvalue weighted by molar-refractivity contribution is 0.0947. The van der Waals surface area contributed by atoms with Gasteiger partial charge in [0.15, 0.2) is 0 Å². The van der Waals surface area contributed by atoms with E-state index >= 15 is 0 Å². The molecule has 1 aliphatic rings. The molecule has 1 N–H and O–H groups in total. The van der Waals surface area contributed by atoms with Crippen molar-refractivity contribution in [3.8, 4) is 0 Å². The summed E-state index contributed by atoms with van der Waals surface area (Å²) in [6.45, 7) is 0.641. The topological polar surface area (TPSA) is 42.0 Å². The van der Waals surface area contributed by atoms with E-state index in [1.807, 2.05) is 11.8 Å². The van der Waals surface area contributed by atoms with Gasteiger partial charge >= 0.3 is 0 Å². The molecule has 0 aliphatic carbocycles. The van der Waals surface area contributed by atoms with E-state index in [0.717, 1.165) is 6.42 Å². The highest BCUT2D eigenvalue weighted by Gasteiger charge is 2.17. The number of pyridine rings is 1. The number of aromatic nitrogens is 1. The summed E-state index contributed by atoms with van der Waals surface area (Å²) in [6.07, 6.45) is 2.35. The summed E-state index contributed by atoms with van der Waals surface area (Å²) in [5.74, 6) is 0.244. The fourth-order valence-electron chi connectivity index (χ4n) is 1.64. The first kappa shape index (κ1) is 11.4. The van der Waals surface area contributed by atoms with Gasteiger partial charge in [-0.2, -0.15) is 16.2 Å². The molecule has 86 valence electrons. The van der Waals surface area contributed by atoms with Crippen molar-refractivity contribution in [1.29, 1.82) is 0 Å². The van der Waals surface area contributed by atoms with Crippen molar-refractivity contribution in [3.63, 3.8) is 0 Å². The second-order valence-corrected chi connectivity index (χ2v) is 5.10. The first-order chi connectivity index (χ1) is 7.75. The standard InChI is InChI=1S/C11H13FN2OS/c12-10-5-1-4-9(14-10)11(15)13-7-8-3-2-6-16-8/h1,4-5,8H,2-3,6-7H2,(H,13,15). The number of hydrogen-bond donors (Lipinski definition) is 1. The molecule has 1 fully saturated rings. The van der Waals surface area contributed by atoms with Gasteiger partial charge in [-0.05, 0) is 30.7 Å². The average molecular weight is 240 g/mol. The van der Waals surface area contributed by atoms with E-state index in [1.165, 1.54) is 30.4 Å². The van der Waals surface area contributed by atoms with E-state index in [-0.39, 0.29) is 11.6 Å². The lowest BCUT2D eigenvalue weighted by atomic mass is 10.2. The molecule has 1 aromatic rings.